The summed E-state index contributed by atoms with van der Waals surface area (Å²) in [6.45, 7) is 6.04. The molecule has 1 saturated heterocycles. The molecule has 8 heteroatoms. The quantitative estimate of drug-likeness (QED) is 0.706. The molecule has 31 heavy (non-hydrogen) atoms. The van der Waals surface area contributed by atoms with Crippen molar-refractivity contribution >= 4 is 34.0 Å². The lowest BCUT2D eigenvalue weighted by Crippen LogP contribution is -2.40. The molecular weight excluding hydrogens is 392 g/mol. The van der Waals surface area contributed by atoms with Crippen LogP contribution in [-0.4, -0.2) is 66.0 Å². The van der Waals surface area contributed by atoms with Crippen molar-refractivity contribution < 1.29 is 9.53 Å². The number of amides is 2. The number of ether oxygens (including phenoxy) is 1. The summed E-state index contributed by atoms with van der Waals surface area (Å²) < 4.78 is 5.48. The second-order valence-corrected chi connectivity index (χ2v) is 8.47. The van der Waals surface area contributed by atoms with Crippen molar-refractivity contribution in [3.8, 4) is 0 Å². The van der Waals surface area contributed by atoms with Crippen molar-refractivity contribution in [1.29, 1.82) is 0 Å². The number of likely N-dealkylation sites (tertiary alicyclic amines) is 1. The fraction of sp³-hybridized carbons (Fsp3) is 0.435. The van der Waals surface area contributed by atoms with Crippen LogP contribution < -0.4 is 11.1 Å². The highest BCUT2D eigenvalue weighted by Gasteiger charge is 2.45. The minimum Gasteiger partial charge on any atom is -0.398 e. The molecule has 162 valence electrons. The molecule has 4 N–H and O–H groups in total. The molecule has 2 amide bonds. The Morgan fingerprint density at radius 3 is 3.16 bits per heavy atom. The summed E-state index contributed by atoms with van der Waals surface area (Å²) in [5, 5.41) is 3.94. The third-order valence-corrected chi connectivity index (χ3v) is 6.59. The Labute approximate surface area is 181 Å². The number of nitrogens with zero attached hydrogens (tertiary/aromatic N) is 3. The molecule has 3 aliphatic heterocycles. The summed E-state index contributed by atoms with van der Waals surface area (Å²) in [5.74, 6) is 0. The average molecular weight is 421 g/mol. The van der Waals surface area contributed by atoms with Gasteiger partial charge in [0.25, 0.3) is 0 Å². The highest BCUT2D eigenvalue weighted by atomic mass is 16.5. The van der Waals surface area contributed by atoms with Gasteiger partial charge >= 0.3 is 6.03 Å². The first kappa shape index (κ1) is 19.8. The Hall–Kier alpha value is -3.13. The number of allylic oxidation sites excluding steroid dienone is 1. The highest BCUT2D eigenvalue weighted by molar-refractivity contribution is 6.06. The predicted molar refractivity (Wildman–Crippen MR) is 122 cm³/mol. The molecule has 0 aliphatic carbocycles. The van der Waals surface area contributed by atoms with E-state index in [2.05, 4.69) is 27.4 Å². The topological polar surface area (TPSA) is 109 Å². The molecule has 1 unspecified atom stereocenters. The van der Waals surface area contributed by atoms with Gasteiger partial charge in [0.2, 0.25) is 0 Å². The number of aliphatic imine (C=N–C) groups is 1. The number of carbonyl (C=O) groups is 1. The molecule has 1 atom stereocenters. The van der Waals surface area contributed by atoms with Gasteiger partial charge in [-0.25, -0.2) is 9.78 Å². The standard InChI is InChI=1S/C23H28N6O2/c1-2-25-22(30)29-7-5-23(14-29)4-6-26-20(23)10-19(24)16-9-17-18(15-3-8-31-13-15)12-28-21(17)27-11-16/h3,9-12H,2,4-8,13-14,24H2,1H3,(H,25,30)(H,27,28). The number of aromatic amines is 1. The summed E-state index contributed by atoms with van der Waals surface area (Å²) >= 11 is 0. The van der Waals surface area contributed by atoms with Gasteiger partial charge < -0.3 is 25.7 Å². The number of hydrogen-bond acceptors (Lipinski definition) is 5. The number of rotatable bonds is 4. The second kappa shape index (κ2) is 7.85. The number of hydrogen-bond donors (Lipinski definition) is 3. The maximum atomic E-state index is 12.3. The van der Waals surface area contributed by atoms with Crippen LogP contribution in [0, 0.1) is 5.41 Å². The van der Waals surface area contributed by atoms with Gasteiger partial charge in [0.05, 0.1) is 13.2 Å². The predicted octanol–water partition coefficient (Wildman–Crippen LogP) is 2.54. The number of carbonyl (C=O) groups excluding carboxylic acids is 1. The fourth-order valence-electron chi connectivity index (χ4n) is 4.84. The Kier molecular flexibility index (Phi) is 5.02. The maximum Gasteiger partial charge on any atom is 0.317 e. The van der Waals surface area contributed by atoms with Crippen molar-refractivity contribution in [2.75, 3.05) is 39.4 Å². The zero-order valence-corrected chi connectivity index (χ0v) is 17.8. The number of pyridine rings is 1. The van der Waals surface area contributed by atoms with Crippen LogP contribution in [0.5, 0.6) is 0 Å². The Morgan fingerprint density at radius 1 is 1.45 bits per heavy atom. The number of nitrogens with two attached hydrogens (primary N) is 1. The molecule has 5 rings (SSSR count). The van der Waals surface area contributed by atoms with E-state index >= 15 is 0 Å². The van der Waals surface area contributed by atoms with Crippen LogP contribution in [0.3, 0.4) is 0 Å². The minimum absolute atomic E-state index is 0.00223. The SMILES string of the molecule is CCNC(=O)N1CCC2(CCN=C2C=C(N)c2cnc3[nH]cc(C4=CCOC4)c3c2)C1. The van der Waals surface area contributed by atoms with Gasteiger partial charge in [0, 0.05) is 71.9 Å². The van der Waals surface area contributed by atoms with E-state index in [9.17, 15) is 4.79 Å². The average Bonchev–Trinajstić information content (AvgIpc) is 3.56. The van der Waals surface area contributed by atoms with E-state index in [0.717, 1.165) is 53.8 Å². The van der Waals surface area contributed by atoms with Crippen LogP contribution in [0.4, 0.5) is 4.79 Å². The summed E-state index contributed by atoms with van der Waals surface area (Å²) in [4.78, 5) is 26.7. The largest absolute Gasteiger partial charge is 0.398 e. The van der Waals surface area contributed by atoms with Crippen molar-refractivity contribution in [2.45, 2.75) is 19.8 Å². The van der Waals surface area contributed by atoms with Gasteiger partial charge in [-0.05, 0) is 37.5 Å². The third kappa shape index (κ3) is 3.50. The summed E-state index contributed by atoms with van der Waals surface area (Å²) in [5.41, 5.74) is 12.1. The molecule has 2 aromatic rings. The normalized spacial score (nSPS) is 23.6. The maximum absolute atomic E-state index is 12.3. The van der Waals surface area contributed by atoms with Gasteiger partial charge in [-0.1, -0.05) is 6.08 Å². The fourth-order valence-corrected chi connectivity index (χ4v) is 4.84. The van der Waals surface area contributed by atoms with Gasteiger partial charge in [0.1, 0.15) is 5.65 Å². The van der Waals surface area contributed by atoms with E-state index in [4.69, 9.17) is 15.5 Å². The highest BCUT2D eigenvalue weighted by Crippen LogP contribution is 2.40. The van der Waals surface area contributed by atoms with E-state index in [1.807, 2.05) is 24.1 Å². The monoisotopic (exact) mass is 420 g/mol. The van der Waals surface area contributed by atoms with Gasteiger partial charge in [-0.15, -0.1) is 0 Å². The lowest BCUT2D eigenvalue weighted by molar-refractivity contribution is 0.206. The first-order valence-corrected chi connectivity index (χ1v) is 10.9. The van der Waals surface area contributed by atoms with Crippen LogP contribution in [0.2, 0.25) is 0 Å². The number of urea groups is 1. The zero-order chi connectivity index (χ0) is 21.4. The smallest absolute Gasteiger partial charge is 0.317 e. The lowest BCUT2D eigenvalue weighted by Gasteiger charge is -2.25. The molecule has 0 bridgehead atoms. The number of aromatic nitrogens is 2. The van der Waals surface area contributed by atoms with Gasteiger partial charge in [0.15, 0.2) is 0 Å². The molecule has 5 heterocycles. The lowest BCUT2D eigenvalue weighted by atomic mass is 9.80. The first-order valence-electron chi connectivity index (χ1n) is 10.9. The zero-order valence-electron chi connectivity index (χ0n) is 17.8. The molecule has 1 spiro atoms. The van der Waals surface area contributed by atoms with E-state index in [1.54, 1.807) is 6.20 Å². The van der Waals surface area contributed by atoms with Crippen LogP contribution in [-0.2, 0) is 4.74 Å². The number of H-pyrrole nitrogens is 1. The van der Waals surface area contributed by atoms with Crippen molar-refractivity contribution in [1.82, 2.24) is 20.2 Å². The van der Waals surface area contributed by atoms with E-state index in [1.165, 1.54) is 5.57 Å². The Balaban J connectivity index is 1.41. The van der Waals surface area contributed by atoms with Crippen LogP contribution in [0.1, 0.15) is 30.9 Å². The molecule has 0 aromatic carbocycles. The summed E-state index contributed by atoms with van der Waals surface area (Å²) in [6.07, 6.45) is 9.74. The minimum atomic E-state index is -0.0987. The summed E-state index contributed by atoms with van der Waals surface area (Å²) in [7, 11) is 0. The first-order chi connectivity index (χ1) is 15.1. The van der Waals surface area contributed by atoms with Gasteiger partial charge in [-0.3, -0.25) is 4.99 Å². The van der Waals surface area contributed by atoms with Crippen molar-refractivity contribution in [2.24, 2.45) is 16.1 Å². The molecule has 0 radical (unpaired) electrons. The van der Waals surface area contributed by atoms with E-state index < -0.39 is 0 Å². The number of fused-ring (bicyclic) bond motifs is 1. The van der Waals surface area contributed by atoms with Crippen molar-refractivity contribution in [3.63, 3.8) is 0 Å². The van der Waals surface area contributed by atoms with Gasteiger partial charge in [-0.2, -0.15) is 0 Å². The van der Waals surface area contributed by atoms with Crippen LogP contribution >= 0.6 is 0 Å². The van der Waals surface area contributed by atoms with Crippen molar-refractivity contribution in [3.05, 3.63) is 41.7 Å². The third-order valence-electron chi connectivity index (χ3n) is 6.59. The molecule has 2 aromatic heterocycles. The summed E-state index contributed by atoms with van der Waals surface area (Å²) in [6, 6.07) is 2.08. The molecule has 8 nitrogen and oxygen atoms in total. The number of nitrogens with one attached hydrogen (secondary N) is 2. The Bertz CT molecular complexity index is 1110. The second-order valence-electron chi connectivity index (χ2n) is 8.47. The Morgan fingerprint density at radius 2 is 2.35 bits per heavy atom. The van der Waals surface area contributed by atoms with E-state index in [-0.39, 0.29) is 11.4 Å². The molecule has 0 saturated carbocycles. The molecule has 1 fully saturated rings. The van der Waals surface area contributed by atoms with Crippen LogP contribution in [0.15, 0.2) is 35.6 Å². The molecular formula is C23H28N6O2. The van der Waals surface area contributed by atoms with E-state index in [0.29, 0.717) is 32.0 Å². The molecule has 3 aliphatic rings. The van der Waals surface area contributed by atoms with Crippen LogP contribution in [0.25, 0.3) is 22.3 Å².